The lowest BCUT2D eigenvalue weighted by atomic mass is 10.0. The number of thioether (sulfide) groups is 1. The van der Waals surface area contributed by atoms with Crippen LogP contribution in [0.15, 0.2) is 40.1 Å². The number of carbonyl (C=O) groups excluding carboxylic acids is 1. The first-order valence-electron chi connectivity index (χ1n) is 8.89. The molecule has 2 heterocycles. The Balaban J connectivity index is 1.49. The molecule has 0 unspecified atom stereocenters. The molecule has 3 aromatic rings. The molecule has 142 valence electrons. The van der Waals surface area contributed by atoms with Crippen LogP contribution in [-0.4, -0.2) is 26.4 Å². The number of hydrogen-bond donors (Lipinski definition) is 1. The Morgan fingerprint density at radius 2 is 1.96 bits per heavy atom. The number of amides is 1. The molecule has 27 heavy (non-hydrogen) atoms. The first-order chi connectivity index (χ1) is 13.0. The van der Waals surface area contributed by atoms with Gasteiger partial charge in [0.1, 0.15) is 0 Å². The van der Waals surface area contributed by atoms with Gasteiger partial charge in [0.05, 0.1) is 6.26 Å². The van der Waals surface area contributed by atoms with Gasteiger partial charge in [-0.25, -0.2) is 0 Å². The van der Waals surface area contributed by atoms with Gasteiger partial charge in [-0.05, 0) is 50.5 Å². The standard InChI is InChI=1S/C20H24N4O2S/c1-13-11-14(2)18(15(3)12-13)21-17(25)8-6-10-27-20-23-22-19(24(20)4)16-7-5-9-26-16/h5,7,9,11-12H,6,8,10H2,1-4H3,(H,21,25). The molecule has 0 saturated carbocycles. The zero-order valence-electron chi connectivity index (χ0n) is 16.1. The Morgan fingerprint density at radius 1 is 1.22 bits per heavy atom. The number of aromatic nitrogens is 3. The summed E-state index contributed by atoms with van der Waals surface area (Å²) in [4.78, 5) is 12.3. The Labute approximate surface area is 163 Å². The van der Waals surface area contributed by atoms with E-state index in [0.717, 1.165) is 34.1 Å². The van der Waals surface area contributed by atoms with Gasteiger partial charge in [0, 0.05) is 24.9 Å². The molecule has 0 spiro atoms. The zero-order valence-corrected chi connectivity index (χ0v) is 16.9. The molecule has 0 saturated heterocycles. The number of aryl methyl sites for hydroxylation is 3. The summed E-state index contributed by atoms with van der Waals surface area (Å²) >= 11 is 1.59. The van der Waals surface area contributed by atoms with Crippen LogP contribution in [0.3, 0.4) is 0 Å². The fraction of sp³-hybridized carbons (Fsp3) is 0.350. The van der Waals surface area contributed by atoms with Gasteiger partial charge >= 0.3 is 0 Å². The highest BCUT2D eigenvalue weighted by atomic mass is 32.2. The first-order valence-corrected chi connectivity index (χ1v) is 9.88. The second-order valence-electron chi connectivity index (χ2n) is 6.62. The van der Waals surface area contributed by atoms with E-state index in [0.29, 0.717) is 18.0 Å². The summed E-state index contributed by atoms with van der Waals surface area (Å²) in [5.41, 5.74) is 4.33. The molecule has 1 N–H and O–H groups in total. The fourth-order valence-electron chi connectivity index (χ4n) is 3.04. The van der Waals surface area contributed by atoms with Crippen LogP contribution in [-0.2, 0) is 11.8 Å². The molecule has 0 aliphatic rings. The molecule has 0 atom stereocenters. The van der Waals surface area contributed by atoms with E-state index in [1.807, 2.05) is 37.6 Å². The van der Waals surface area contributed by atoms with Gasteiger partial charge in [0.15, 0.2) is 16.7 Å². The van der Waals surface area contributed by atoms with Crippen LogP contribution in [0.2, 0.25) is 0 Å². The summed E-state index contributed by atoms with van der Waals surface area (Å²) in [6, 6.07) is 7.86. The van der Waals surface area contributed by atoms with Crippen molar-refractivity contribution in [3.8, 4) is 11.6 Å². The maximum atomic E-state index is 12.3. The Hall–Kier alpha value is -2.54. The smallest absolute Gasteiger partial charge is 0.224 e. The minimum atomic E-state index is 0.0416. The number of carbonyl (C=O) groups is 1. The predicted molar refractivity (Wildman–Crippen MR) is 108 cm³/mol. The molecule has 0 radical (unpaired) electrons. The molecule has 0 bridgehead atoms. The Morgan fingerprint density at radius 3 is 2.63 bits per heavy atom. The zero-order chi connectivity index (χ0) is 19.4. The van der Waals surface area contributed by atoms with Gasteiger partial charge < -0.3 is 14.3 Å². The highest BCUT2D eigenvalue weighted by molar-refractivity contribution is 7.99. The van der Waals surface area contributed by atoms with Crippen LogP contribution in [0.25, 0.3) is 11.6 Å². The maximum absolute atomic E-state index is 12.3. The minimum Gasteiger partial charge on any atom is -0.461 e. The predicted octanol–water partition coefficient (Wildman–Crippen LogP) is 4.51. The van der Waals surface area contributed by atoms with Crippen LogP contribution in [0.4, 0.5) is 5.69 Å². The first kappa shape index (κ1) is 19.2. The molecule has 0 aliphatic heterocycles. The van der Waals surface area contributed by atoms with E-state index in [9.17, 15) is 4.79 Å². The second-order valence-corrected chi connectivity index (χ2v) is 7.68. The molecule has 0 aliphatic carbocycles. The number of nitrogens with one attached hydrogen (secondary N) is 1. The van der Waals surface area contributed by atoms with E-state index >= 15 is 0 Å². The fourth-order valence-corrected chi connectivity index (χ4v) is 3.89. The van der Waals surface area contributed by atoms with Gasteiger partial charge in [-0.2, -0.15) is 0 Å². The van der Waals surface area contributed by atoms with Crippen LogP contribution < -0.4 is 5.32 Å². The third-order valence-electron chi connectivity index (χ3n) is 4.30. The van der Waals surface area contributed by atoms with Crippen molar-refractivity contribution < 1.29 is 9.21 Å². The lowest BCUT2D eigenvalue weighted by Crippen LogP contribution is -2.13. The summed E-state index contributed by atoms with van der Waals surface area (Å²) in [6.07, 6.45) is 2.86. The molecule has 2 aromatic heterocycles. The average molecular weight is 385 g/mol. The highest BCUT2D eigenvalue weighted by Gasteiger charge is 2.13. The summed E-state index contributed by atoms with van der Waals surface area (Å²) in [6.45, 7) is 6.11. The molecular weight excluding hydrogens is 360 g/mol. The summed E-state index contributed by atoms with van der Waals surface area (Å²) in [5, 5.41) is 12.2. The van der Waals surface area contributed by atoms with Gasteiger partial charge in [-0.3, -0.25) is 4.79 Å². The number of furan rings is 1. The summed E-state index contributed by atoms with van der Waals surface area (Å²) < 4.78 is 7.27. The summed E-state index contributed by atoms with van der Waals surface area (Å²) in [7, 11) is 1.91. The largest absolute Gasteiger partial charge is 0.461 e. The normalized spacial score (nSPS) is 11.0. The van der Waals surface area contributed by atoms with Crippen LogP contribution in [0, 0.1) is 20.8 Å². The summed E-state index contributed by atoms with van der Waals surface area (Å²) in [5.74, 6) is 2.23. The SMILES string of the molecule is Cc1cc(C)c(NC(=O)CCCSc2nnc(-c3ccco3)n2C)c(C)c1. The van der Waals surface area contributed by atoms with E-state index in [2.05, 4.69) is 34.6 Å². The van der Waals surface area contributed by atoms with E-state index in [1.54, 1.807) is 18.0 Å². The van der Waals surface area contributed by atoms with Crippen LogP contribution in [0.5, 0.6) is 0 Å². The number of anilines is 1. The van der Waals surface area contributed by atoms with Crippen LogP contribution >= 0.6 is 11.8 Å². The van der Waals surface area contributed by atoms with Gasteiger partial charge in [0.25, 0.3) is 0 Å². The number of nitrogens with zero attached hydrogens (tertiary/aromatic N) is 3. The second kappa shape index (κ2) is 8.43. The van der Waals surface area contributed by atoms with Crippen molar-refractivity contribution in [3.05, 3.63) is 47.2 Å². The van der Waals surface area contributed by atoms with E-state index in [4.69, 9.17) is 4.42 Å². The van der Waals surface area contributed by atoms with E-state index in [-0.39, 0.29) is 5.91 Å². The number of benzene rings is 1. The van der Waals surface area contributed by atoms with E-state index < -0.39 is 0 Å². The van der Waals surface area contributed by atoms with Gasteiger partial charge in [-0.15, -0.1) is 10.2 Å². The monoisotopic (exact) mass is 384 g/mol. The molecular formula is C20H24N4O2S. The average Bonchev–Trinajstić information content (AvgIpc) is 3.25. The van der Waals surface area contributed by atoms with Crippen molar-refractivity contribution in [2.24, 2.45) is 7.05 Å². The minimum absolute atomic E-state index is 0.0416. The Kier molecular flexibility index (Phi) is 6.01. The van der Waals surface area contributed by atoms with Crippen LogP contribution in [0.1, 0.15) is 29.5 Å². The Bertz CT molecular complexity index is 909. The van der Waals surface area contributed by atoms with Crippen molar-refractivity contribution in [1.29, 1.82) is 0 Å². The third-order valence-corrected chi connectivity index (χ3v) is 5.40. The quantitative estimate of drug-likeness (QED) is 0.479. The molecule has 3 rings (SSSR count). The molecule has 1 aromatic carbocycles. The van der Waals surface area contributed by atoms with Gasteiger partial charge in [-0.1, -0.05) is 29.5 Å². The number of rotatable bonds is 7. The van der Waals surface area contributed by atoms with E-state index in [1.165, 1.54) is 5.56 Å². The lowest BCUT2D eigenvalue weighted by molar-refractivity contribution is -0.116. The molecule has 6 nitrogen and oxygen atoms in total. The molecule has 7 heteroatoms. The van der Waals surface area contributed by atoms with Crippen molar-refractivity contribution >= 4 is 23.4 Å². The molecule has 0 fully saturated rings. The molecule has 1 amide bonds. The number of hydrogen-bond acceptors (Lipinski definition) is 5. The van der Waals surface area contributed by atoms with Crippen molar-refractivity contribution in [2.75, 3.05) is 11.1 Å². The topological polar surface area (TPSA) is 73.0 Å². The maximum Gasteiger partial charge on any atom is 0.224 e. The lowest BCUT2D eigenvalue weighted by Gasteiger charge is -2.12. The van der Waals surface area contributed by atoms with Crippen molar-refractivity contribution in [2.45, 2.75) is 38.8 Å². The van der Waals surface area contributed by atoms with Crippen molar-refractivity contribution in [1.82, 2.24) is 14.8 Å². The van der Waals surface area contributed by atoms with Gasteiger partial charge in [0.2, 0.25) is 5.91 Å². The highest BCUT2D eigenvalue weighted by Crippen LogP contribution is 2.24. The third kappa shape index (κ3) is 4.60. The van der Waals surface area contributed by atoms with Crippen molar-refractivity contribution in [3.63, 3.8) is 0 Å².